The molecule has 0 N–H and O–H groups in total. The van der Waals surface area contributed by atoms with E-state index in [-0.39, 0.29) is 6.23 Å². The van der Waals surface area contributed by atoms with E-state index < -0.39 is 0 Å². The standard InChI is InChI=1S/C10H15NO/c1-11-7-8-12-10(11)9-5-3-2-4-6-9/h5,7-8,10H,2-4,6H2,1H3. The number of hydrogen-bond acceptors (Lipinski definition) is 2. The molecule has 1 aliphatic heterocycles. The molecule has 1 atom stereocenters. The summed E-state index contributed by atoms with van der Waals surface area (Å²) in [5.41, 5.74) is 1.45. The van der Waals surface area contributed by atoms with Gasteiger partial charge in [0.05, 0.1) is 0 Å². The van der Waals surface area contributed by atoms with Gasteiger partial charge in [-0.25, -0.2) is 0 Å². The van der Waals surface area contributed by atoms with Gasteiger partial charge in [0.25, 0.3) is 0 Å². The molecule has 2 nitrogen and oxygen atoms in total. The maximum absolute atomic E-state index is 5.48. The first-order chi connectivity index (χ1) is 5.88. The van der Waals surface area contributed by atoms with E-state index in [1.165, 1.54) is 31.3 Å². The third-order valence-corrected chi connectivity index (χ3v) is 2.52. The molecular formula is C10H15NO. The van der Waals surface area contributed by atoms with Crippen molar-refractivity contribution in [3.05, 3.63) is 24.1 Å². The van der Waals surface area contributed by atoms with Crippen molar-refractivity contribution in [2.24, 2.45) is 0 Å². The second kappa shape index (κ2) is 3.21. The van der Waals surface area contributed by atoms with E-state index >= 15 is 0 Å². The maximum atomic E-state index is 5.48. The molecule has 0 aromatic rings. The summed E-state index contributed by atoms with van der Waals surface area (Å²) in [6.07, 6.45) is 11.4. The summed E-state index contributed by atoms with van der Waals surface area (Å²) in [7, 11) is 2.06. The van der Waals surface area contributed by atoms with Gasteiger partial charge in [-0.15, -0.1) is 0 Å². The average Bonchev–Trinajstić information content (AvgIpc) is 2.53. The Labute approximate surface area is 73.5 Å². The topological polar surface area (TPSA) is 12.5 Å². The number of likely N-dealkylation sites (N-methyl/N-ethyl adjacent to an activating group) is 1. The van der Waals surface area contributed by atoms with Crippen LogP contribution >= 0.6 is 0 Å². The lowest BCUT2D eigenvalue weighted by atomic mass is 9.98. The fourth-order valence-corrected chi connectivity index (χ4v) is 1.82. The summed E-state index contributed by atoms with van der Waals surface area (Å²) < 4.78 is 5.48. The summed E-state index contributed by atoms with van der Waals surface area (Å²) in [6, 6.07) is 0. The van der Waals surface area contributed by atoms with Gasteiger partial charge in [-0.1, -0.05) is 6.08 Å². The maximum Gasteiger partial charge on any atom is 0.193 e. The van der Waals surface area contributed by atoms with Gasteiger partial charge in [0.1, 0.15) is 6.26 Å². The van der Waals surface area contributed by atoms with Crippen LogP contribution in [0.25, 0.3) is 0 Å². The van der Waals surface area contributed by atoms with Crippen LogP contribution in [0.5, 0.6) is 0 Å². The van der Waals surface area contributed by atoms with Crippen LogP contribution < -0.4 is 0 Å². The van der Waals surface area contributed by atoms with Crippen molar-refractivity contribution < 1.29 is 4.74 Å². The van der Waals surface area contributed by atoms with Crippen LogP contribution in [-0.2, 0) is 4.74 Å². The molecule has 0 bridgehead atoms. The highest BCUT2D eigenvalue weighted by Crippen LogP contribution is 2.26. The predicted molar refractivity (Wildman–Crippen MR) is 48.3 cm³/mol. The van der Waals surface area contributed by atoms with E-state index in [9.17, 15) is 0 Å². The van der Waals surface area contributed by atoms with Gasteiger partial charge >= 0.3 is 0 Å². The Bertz CT molecular complexity index is 220. The molecule has 2 rings (SSSR count). The van der Waals surface area contributed by atoms with Crippen molar-refractivity contribution in [2.45, 2.75) is 31.9 Å². The van der Waals surface area contributed by atoms with Crippen molar-refractivity contribution in [3.8, 4) is 0 Å². The second-order valence-corrected chi connectivity index (χ2v) is 3.46. The third kappa shape index (κ3) is 1.33. The largest absolute Gasteiger partial charge is 0.473 e. The lowest BCUT2D eigenvalue weighted by Gasteiger charge is -2.24. The molecule has 12 heavy (non-hydrogen) atoms. The van der Waals surface area contributed by atoms with Crippen LogP contribution in [-0.4, -0.2) is 18.2 Å². The fraction of sp³-hybridized carbons (Fsp3) is 0.600. The zero-order valence-corrected chi connectivity index (χ0v) is 7.49. The van der Waals surface area contributed by atoms with E-state index in [0.717, 1.165) is 0 Å². The van der Waals surface area contributed by atoms with Gasteiger partial charge in [-0.05, 0) is 31.3 Å². The van der Waals surface area contributed by atoms with Crippen molar-refractivity contribution in [1.82, 2.24) is 4.90 Å². The van der Waals surface area contributed by atoms with E-state index in [1.807, 2.05) is 6.20 Å². The molecule has 0 aromatic heterocycles. The van der Waals surface area contributed by atoms with Gasteiger partial charge < -0.3 is 9.64 Å². The summed E-state index contributed by atoms with van der Waals surface area (Å²) in [5.74, 6) is 0. The first kappa shape index (κ1) is 7.71. The SMILES string of the molecule is CN1C=COC1C1=CCCCC1. The lowest BCUT2D eigenvalue weighted by Crippen LogP contribution is -2.26. The Morgan fingerprint density at radius 3 is 3.00 bits per heavy atom. The van der Waals surface area contributed by atoms with Crippen molar-refractivity contribution in [2.75, 3.05) is 7.05 Å². The quantitative estimate of drug-likeness (QED) is 0.552. The zero-order chi connectivity index (χ0) is 8.39. The lowest BCUT2D eigenvalue weighted by molar-refractivity contribution is 0.101. The highest BCUT2D eigenvalue weighted by molar-refractivity contribution is 5.13. The van der Waals surface area contributed by atoms with Gasteiger partial charge in [-0.2, -0.15) is 0 Å². The van der Waals surface area contributed by atoms with Crippen molar-refractivity contribution >= 4 is 0 Å². The average molecular weight is 165 g/mol. The normalized spacial score (nSPS) is 28.6. The van der Waals surface area contributed by atoms with Gasteiger partial charge in [-0.3, -0.25) is 0 Å². The van der Waals surface area contributed by atoms with Gasteiger partial charge in [0.15, 0.2) is 6.23 Å². The van der Waals surface area contributed by atoms with Crippen LogP contribution in [0.15, 0.2) is 24.1 Å². The van der Waals surface area contributed by atoms with Gasteiger partial charge in [0, 0.05) is 13.2 Å². The first-order valence-corrected chi connectivity index (χ1v) is 4.61. The summed E-state index contributed by atoms with van der Waals surface area (Å²) >= 11 is 0. The Hall–Kier alpha value is -0.920. The Morgan fingerprint density at radius 1 is 1.50 bits per heavy atom. The number of ether oxygens (including phenoxy) is 1. The van der Waals surface area contributed by atoms with Crippen LogP contribution in [0.4, 0.5) is 0 Å². The van der Waals surface area contributed by atoms with Crippen molar-refractivity contribution in [3.63, 3.8) is 0 Å². The molecule has 66 valence electrons. The minimum absolute atomic E-state index is 0.199. The number of rotatable bonds is 1. The van der Waals surface area contributed by atoms with Gasteiger partial charge in [0.2, 0.25) is 0 Å². The van der Waals surface area contributed by atoms with Crippen LogP contribution in [0.3, 0.4) is 0 Å². The van der Waals surface area contributed by atoms with E-state index in [1.54, 1.807) is 6.26 Å². The van der Waals surface area contributed by atoms with Crippen molar-refractivity contribution in [1.29, 1.82) is 0 Å². The van der Waals surface area contributed by atoms with E-state index in [4.69, 9.17) is 4.74 Å². The number of hydrogen-bond donors (Lipinski definition) is 0. The molecule has 0 saturated heterocycles. The smallest absolute Gasteiger partial charge is 0.193 e. The molecule has 1 unspecified atom stereocenters. The molecule has 1 heterocycles. The summed E-state index contributed by atoms with van der Waals surface area (Å²) in [6.45, 7) is 0. The van der Waals surface area contributed by atoms with Crippen LogP contribution in [0.2, 0.25) is 0 Å². The molecule has 0 amide bonds. The van der Waals surface area contributed by atoms with E-state index in [0.29, 0.717) is 0 Å². The molecule has 2 heteroatoms. The number of allylic oxidation sites excluding steroid dienone is 1. The third-order valence-electron chi connectivity index (χ3n) is 2.52. The molecular weight excluding hydrogens is 150 g/mol. The molecule has 0 saturated carbocycles. The molecule has 2 aliphatic rings. The first-order valence-electron chi connectivity index (χ1n) is 4.61. The number of nitrogens with zero attached hydrogens (tertiary/aromatic N) is 1. The van der Waals surface area contributed by atoms with Crippen LogP contribution in [0, 0.1) is 0 Å². The highest BCUT2D eigenvalue weighted by Gasteiger charge is 2.22. The summed E-state index contributed by atoms with van der Waals surface area (Å²) in [4.78, 5) is 2.12. The molecule has 1 aliphatic carbocycles. The predicted octanol–water partition coefficient (Wildman–Crippen LogP) is 2.25. The molecule has 0 aromatic carbocycles. The monoisotopic (exact) mass is 165 g/mol. The second-order valence-electron chi connectivity index (χ2n) is 3.46. The summed E-state index contributed by atoms with van der Waals surface area (Å²) in [5, 5.41) is 0. The highest BCUT2D eigenvalue weighted by atomic mass is 16.5. The molecule has 0 radical (unpaired) electrons. The van der Waals surface area contributed by atoms with E-state index in [2.05, 4.69) is 18.0 Å². The Balaban J connectivity index is 2.04. The Kier molecular flexibility index (Phi) is 2.07. The molecule has 0 fully saturated rings. The molecule has 0 spiro atoms. The fourth-order valence-electron chi connectivity index (χ4n) is 1.82. The van der Waals surface area contributed by atoms with Crippen LogP contribution in [0.1, 0.15) is 25.7 Å². The minimum atomic E-state index is 0.199. The minimum Gasteiger partial charge on any atom is -0.473 e. The Morgan fingerprint density at radius 2 is 2.42 bits per heavy atom. The zero-order valence-electron chi connectivity index (χ0n) is 7.49.